The number of carbonyl (C=O) groups excluding carboxylic acids is 1. The van der Waals surface area contributed by atoms with Gasteiger partial charge in [0.2, 0.25) is 0 Å². The first-order valence-electron chi connectivity index (χ1n) is 6.96. The molecule has 2 N–H and O–H groups in total. The highest BCUT2D eigenvalue weighted by Crippen LogP contribution is 2.28. The Kier molecular flexibility index (Phi) is 4.74. The molecule has 0 radical (unpaired) electrons. The van der Waals surface area contributed by atoms with E-state index in [2.05, 4.69) is 5.10 Å². The number of hydrogen-bond acceptors (Lipinski definition) is 4. The van der Waals surface area contributed by atoms with Crippen molar-refractivity contribution in [2.75, 3.05) is 18.7 Å². The van der Waals surface area contributed by atoms with E-state index in [1.807, 2.05) is 31.2 Å². The summed E-state index contributed by atoms with van der Waals surface area (Å²) in [5.41, 5.74) is 7.26. The standard InChI is InChI=1S/C15H21N3O2/c1-3-14-13(5-4-10-16)15(19)18(17-14)11-6-8-12(20-2)9-7-11/h6-9,13H,3-5,10,16H2,1-2H3. The molecular weight excluding hydrogens is 254 g/mol. The Labute approximate surface area is 119 Å². The topological polar surface area (TPSA) is 67.9 Å². The Bertz CT molecular complexity index is 496. The lowest BCUT2D eigenvalue weighted by atomic mass is 9.96. The van der Waals surface area contributed by atoms with Crippen molar-refractivity contribution in [2.45, 2.75) is 26.2 Å². The van der Waals surface area contributed by atoms with Gasteiger partial charge in [0.25, 0.3) is 5.91 Å². The number of hydrogen-bond donors (Lipinski definition) is 1. The lowest BCUT2D eigenvalue weighted by Gasteiger charge is -2.14. The molecule has 5 nitrogen and oxygen atoms in total. The molecule has 0 aromatic heterocycles. The summed E-state index contributed by atoms with van der Waals surface area (Å²) in [5.74, 6) is 0.686. The van der Waals surface area contributed by atoms with Crippen LogP contribution in [0.2, 0.25) is 0 Å². The summed E-state index contributed by atoms with van der Waals surface area (Å²) >= 11 is 0. The molecule has 1 unspecified atom stereocenters. The molecular formula is C15H21N3O2. The molecule has 1 aromatic rings. The van der Waals surface area contributed by atoms with E-state index >= 15 is 0 Å². The van der Waals surface area contributed by atoms with Gasteiger partial charge in [0, 0.05) is 0 Å². The average Bonchev–Trinajstić information content (AvgIpc) is 2.81. The van der Waals surface area contributed by atoms with Crippen LogP contribution in [0.3, 0.4) is 0 Å². The highest BCUT2D eigenvalue weighted by atomic mass is 16.5. The first-order valence-corrected chi connectivity index (χ1v) is 6.96. The zero-order chi connectivity index (χ0) is 14.5. The van der Waals surface area contributed by atoms with Crippen molar-refractivity contribution in [2.24, 2.45) is 16.8 Å². The number of amides is 1. The molecule has 1 aliphatic rings. The lowest BCUT2D eigenvalue weighted by molar-refractivity contribution is -0.119. The molecule has 1 heterocycles. The largest absolute Gasteiger partial charge is 0.497 e. The Balaban J connectivity index is 2.19. The van der Waals surface area contributed by atoms with Gasteiger partial charge in [-0.25, -0.2) is 5.01 Å². The minimum atomic E-state index is -0.120. The molecule has 1 atom stereocenters. The minimum Gasteiger partial charge on any atom is -0.497 e. The van der Waals surface area contributed by atoms with E-state index in [0.717, 1.165) is 36.4 Å². The highest BCUT2D eigenvalue weighted by Gasteiger charge is 2.34. The third-order valence-electron chi connectivity index (χ3n) is 3.51. The molecule has 1 aromatic carbocycles. The van der Waals surface area contributed by atoms with Crippen LogP contribution in [0, 0.1) is 5.92 Å². The fraction of sp³-hybridized carbons (Fsp3) is 0.467. The number of benzene rings is 1. The van der Waals surface area contributed by atoms with Gasteiger partial charge >= 0.3 is 0 Å². The van der Waals surface area contributed by atoms with E-state index in [1.165, 1.54) is 5.01 Å². The summed E-state index contributed by atoms with van der Waals surface area (Å²) in [4.78, 5) is 12.5. The Morgan fingerprint density at radius 1 is 1.35 bits per heavy atom. The predicted octanol–water partition coefficient (Wildman–Crippen LogP) is 2.16. The van der Waals surface area contributed by atoms with Crippen molar-refractivity contribution in [1.29, 1.82) is 0 Å². The first kappa shape index (κ1) is 14.5. The molecule has 0 aliphatic carbocycles. The van der Waals surface area contributed by atoms with Crippen LogP contribution in [0.15, 0.2) is 29.4 Å². The van der Waals surface area contributed by atoms with Crippen LogP contribution in [-0.4, -0.2) is 25.3 Å². The summed E-state index contributed by atoms with van der Waals surface area (Å²) in [6, 6.07) is 7.35. The average molecular weight is 275 g/mol. The summed E-state index contributed by atoms with van der Waals surface area (Å²) in [7, 11) is 1.62. The summed E-state index contributed by atoms with van der Waals surface area (Å²) in [5, 5.41) is 5.97. The van der Waals surface area contributed by atoms with Crippen LogP contribution in [0.5, 0.6) is 5.75 Å². The van der Waals surface area contributed by atoms with Gasteiger partial charge in [-0.3, -0.25) is 4.79 Å². The smallest absolute Gasteiger partial charge is 0.256 e. The Morgan fingerprint density at radius 3 is 2.60 bits per heavy atom. The molecule has 0 bridgehead atoms. The van der Waals surface area contributed by atoms with E-state index in [-0.39, 0.29) is 11.8 Å². The van der Waals surface area contributed by atoms with Crippen molar-refractivity contribution in [3.8, 4) is 5.75 Å². The highest BCUT2D eigenvalue weighted by molar-refractivity contribution is 6.15. The van der Waals surface area contributed by atoms with Crippen molar-refractivity contribution >= 4 is 17.3 Å². The number of nitrogens with two attached hydrogens (primary N) is 1. The van der Waals surface area contributed by atoms with Crippen LogP contribution in [0.25, 0.3) is 0 Å². The molecule has 5 heteroatoms. The maximum Gasteiger partial charge on any atom is 0.256 e. The fourth-order valence-electron chi connectivity index (χ4n) is 2.38. The molecule has 0 saturated carbocycles. The number of anilines is 1. The number of hydrazone groups is 1. The molecule has 2 rings (SSSR count). The molecule has 0 saturated heterocycles. The van der Waals surface area contributed by atoms with Crippen LogP contribution < -0.4 is 15.5 Å². The van der Waals surface area contributed by atoms with Crippen LogP contribution >= 0.6 is 0 Å². The second kappa shape index (κ2) is 6.52. The molecule has 0 spiro atoms. The van der Waals surface area contributed by atoms with Crippen molar-refractivity contribution in [3.63, 3.8) is 0 Å². The first-order chi connectivity index (χ1) is 9.71. The van der Waals surface area contributed by atoms with Gasteiger partial charge < -0.3 is 10.5 Å². The van der Waals surface area contributed by atoms with Crippen molar-refractivity contribution < 1.29 is 9.53 Å². The summed E-state index contributed by atoms with van der Waals surface area (Å²) in [6.07, 6.45) is 2.40. The second-order valence-electron chi connectivity index (χ2n) is 4.78. The SMILES string of the molecule is CCC1=NN(c2ccc(OC)cc2)C(=O)C1CCCN. The van der Waals surface area contributed by atoms with Gasteiger partial charge in [-0.05, 0) is 50.1 Å². The van der Waals surface area contributed by atoms with Crippen LogP contribution in [-0.2, 0) is 4.79 Å². The normalized spacial score (nSPS) is 18.4. The molecule has 1 aliphatic heterocycles. The number of methoxy groups -OCH3 is 1. The number of ether oxygens (including phenoxy) is 1. The van der Waals surface area contributed by atoms with Crippen LogP contribution in [0.4, 0.5) is 5.69 Å². The third kappa shape index (κ3) is 2.82. The number of carbonyl (C=O) groups is 1. The van der Waals surface area contributed by atoms with Crippen molar-refractivity contribution in [1.82, 2.24) is 0 Å². The van der Waals surface area contributed by atoms with E-state index in [4.69, 9.17) is 10.5 Å². The number of nitrogens with zero attached hydrogens (tertiary/aromatic N) is 2. The molecule has 108 valence electrons. The van der Waals surface area contributed by atoms with Gasteiger partial charge in [0.1, 0.15) is 5.75 Å². The fourth-order valence-corrected chi connectivity index (χ4v) is 2.38. The van der Waals surface area contributed by atoms with Gasteiger partial charge in [-0.1, -0.05) is 6.92 Å². The van der Waals surface area contributed by atoms with Gasteiger partial charge in [0.15, 0.2) is 0 Å². The van der Waals surface area contributed by atoms with Gasteiger partial charge in [-0.15, -0.1) is 0 Å². The van der Waals surface area contributed by atoms with E-state index < -0.39 is 0 Å². The monoisotopic (exact) mass is 275 g/mol. The van der Waals surface area contributed by atoms with E-state index in [1.54, 1.807) is 7.11 Å². The Morgan fingerprint density at radius 2 is 2.05 bits per heavy atom. The minimum absolute atomic E-state index is 0.0421. The summed E-state index contributed by atoms with van der Waals surface area (Å²) in [6.45, 7) is 2.63. The maximum atomic E-state index is 12.5. The zero-order valence-corrected chi connectivity index (χ0v) is 12.0. The second-order valence-corrected chi connectivity index (χ2v) is 4.78. The Hall–Kier alpha value is -1.88. The van der Waals surface area contributed by atoms with E-state index in [0.29, 0.717) is 6.54 Å². The quantitative estimate of drug-likeness (QED) is 0.865. The predicted molar refractivity (Wildman–Crippen MR) is 80.0 cm³/mol. The van der Waals surface area contributed by atoms with Gasteiger partial charge in [-0.2, -0.15) is 5.10 Å². The molecule has 1 amide bonds. The van der Waals surface area contributed by atoms with Crippen molar-refractivity contribution in [3.05, 3.63) is 24.3 Å². The molecule has 0 fully saturated rings. The third-order valence-corrected chi connectivity index (χ3v) is 3.51. The lowest BCUT2D eigenvalue weighted by Crippen LogP contribution is -2.27. The maximum absolute atomic E-state index is 12.5. The van der Waals surface area contributed by atoms with E-state index in [9.17, 15) is 4.79 Å². The molecule has 20 heavy (non-hydrogen) atoms. The zero-order valence-electron chi connectivity index (χ0n) is 12.0. The van der Waals surface area contributed by atoms with Crippen LogP contribution in [0.1, 0.15) is 26.2 Å². The number of rotatable bonds is 6. The summed E-state index contributed by atoms with van der Waals surface area (Å²) < 4.78 is 5.12. The van der Waals surface area contributed by atoms with Gasteiger partial charge in [0.05, 0.1) is 24.4 Å².